The summed E-state index contributed by atoms with van der Waals surface area (Å²) in [6, 6.07) is 11.0. The van der Waals surface area contributed by atoms with E-state index < -0.39 is 0 Å². The van der Waals surface area contributed by atoms with Gasteiger partial charge in [-0.25, -0.2) is 0 Å². The highest BCUT2D eigenvalue weighted by Gasteiger charge is 2.20. The first-order chi connectivity index (χ1) is 10.7. The second-order valence-electron chi connectivity index (χ2n) is 6.38. The SMILES string of the molecule is CN=C(NCc1ccccc1)NCC(C)N1CCCC(C)C1.I. The van der Waals surface area contributed by atoms with Crippen molar-refractivity contribution >= 4 is 29.9 Å². The predicted molar refractivity (Wildman–Crippen MR) is 109 cm³/mol. The molecule has 0 amide bonds. The van der Waals surface area contributed by atoms with Gasteiger partial charge in [0.05, 0.1) is 0 Å². The Morgan fingerprint density at radius 3 is 2.70 bits per heavy atom. The molecule has 1 aromatic carbocycles. The van der Waals surface area contributed by atoms with Crippen LogP contribution in [0.4, 0.5) is 0 Å². The second kappa shape index (κ2) is 10.9. The maximum atomic E-state index is 4.31. The molecular weight excluding hydrogens is 399 g/mol. The van der Waals surface area contributed by atoms with E-state index in [9.17, 15) is 0 Å². The number of nitrogens with zero attached hydrogens (tertiary/aromatic N) is 2. The van der Waals surface area contributed by atoms with Gasteiger partial charge < -0.3 is 10.6 Å². The summed E-state index contributed by atoms with van der Waals surface area (Å²) in [6.45, 7) is 8.83. The number of guanidine groups is 1. The van der Waals surface area contributed by atoms with Gasteiger partial charge in [-0.05, 0) is 37.8 Å². The molecule has 1 aromatic rings. The molecule has 1 saturated heterocycles. The van der Waals surface area contributed by atoms with Crippen LogP contribution >= 0.6 is 24.0 Å². The van der Waals surface area contributed by atoms with Crippen LogP contribution in [0.1, 0.15) is 32.3 Å². The summed E-state index contributed by atoms with van der Waals surface area (Å²) in [4.78, 5) is 6.90. The fourth-order valence-electron chi connectivity index (χ4n) is 3.00. The molecule has 2 rings (SSSR count). The van der Waals surface area contributed by atoms with Gasteiger partial charge in [0.1, 0.15) is 0 Å². The number of piperidine rings is 1. The van der Waals surface area contributed by atoms with E-state index in [-0.39, 0.29) is 24.0 Å². The molecule has 2 atom stereocenters. The Kier molecular flexibility index (Phi) is 9.55. The molecule has 130 valence electrons. The van der Waals surface area contributed by atoms with E-state index in [4.69, 9.17) is 0 Å². The fraction of sp³-hybridized carbons (Fsp3) is 0.611. The van der Waals surface area contributed by atoms with Gasteiger partial charge in [0.2, 0.25) is 0 Å². The second-order valence-corrected chi connectivity index (χ2v) is 6.38. The van der Waals surface area contributed by atoms with Crippen LogP contribution in [-0.2, 0) is 6.54 Å². The molecule has 1 fully saturated rings. The molecule has 0 bridgehead atoms. The standard InChI is InChI=1S/C18H30N4.HI/c1-15-8-7-11-22(14-15)16(2)12-20-18(19-3)21-13-17-9-5-4-6-10-17;/h4-6,9-10,15-16H,7-8,11-14H2,1-3H3,(H2,19,20,21);1H. The Morgan fingerprint density at radius 1 is 1.30 bits per heavy atom. The van der Waals surface area contributed by atoms with Crippen LogP contribution < -0.4 is 10.6 Å². The number of hydrogen-bond acceptors (Lipinski definition) is 2. The van der Waals surface area contributed by atoms with E-state index in [0.717, 1.165) is 25.0 Å². The molecule has 1 heterocycles. The molecule has 23 heavy (non-hydrogen) atoms. The van der Waals surface area contributed by atoms with E-state index in [2.05, 4.69) is 58.6 Å². The summed E-state index contributed by atoms with van der Waals surface area (Å²) < 4.78 is 0. The monoisotopic (exact) mass is 430 g/mol. The molecule has 5 heteroatoms. The summed E-state index contributed by atoms with van der Waals surface area (Å²) in [5.74, 6) is 1.70. The summed E-state index contributed by atoms with van der Waals surface area (Å²) in [7, 11) is 1.83. The zero-order valence-corrected chi connectivity index (χ0v) is 16.9. The predicted octanol–water partition coefficient (Wildman–Crippen LogP) is 3.09. The third-order valence-corrected chi connectivity index (χ3v) is 4.40. The number of hydrogen-bond donors (Lipinski definition) is 2. The van der Waals surface area contributed by atoms with Gasteiger partial charge in [-0.3, -0.25) is 9.89 Å². The highest BCUT2D eigenvalue weighted by atomic mass is 127. The Balaban J connectivity index is 0.00000264. The van der Waals surface area contributed by atoms with Crippen molar-refractivity contribution in [2.24, 2.45) is 10.9 Å². The van der Waals surface area contributed by atoms with Gasteiger partial charge in [-0.15, -0.1) is 24.0 Å². The number of nitrogens with one attached hydrogen (secondary N) is 2. The largest absolute Gasteiger partial charge is 0.355 e. The zero-order valence-electron chi connectivity index (χ0n) is 14.6. The van der Waals surface area contributed by atoms with Crippen molar-refractivity contribution in [1.29, 1.82) is 0 Å². The molecule has 4 nitrogen and oxygen atoms in total. The lowest BCUT2D eigenvalue weighted by molar-refractivity contribution is 0.139. The van der Waals surface area contributed by atoms with Crippen molar-refractivity contribution in [2.75, 3.05) is 26.7 Å². The minimum atomic E-state index is 0. The van der Waals surface area contributed by atoms with Crippen molar-refractivity contribution in [2.45, 2.75) is 39.3 Å². The first kappa shape index (κ1) is 20.2. The van der Waals surface area contributed by atoms with Gasteiger partial charge in [-0.2, -0.15) is 0 Å². The Morgan fingerprint density at radius 2 is 2.04 bits per heavy atom. The number of benzene rings is 1. The third kappa shape index (κ3) is 7.08. The van der Waals surface area contributed by atoms with E-state index in [1.807, 2.05) is 13.1 Å². The molecule has 2 N–H and O–H groups in total. The number of rotatable bonds is 5. The highest BCUT2D eigenvalue weighted by molar-refractivity contribution is 14.0. The average molecular weight is 430 g/mol. The van der Waals surface area contributed by atoms with E-state index in [1.165, 1.54) is 31.5 Å². The third-order valence-electron chi connectivity index (χ3n) is 4.40. The van der Waals surface area contributed by atoms with Crippen molar-refractivity contribution in [1.82, 2.24) is 15.5 Å². The topological polar surface area (TPSA) is 39.7 Å². The van der Waals surface area contributed by atoms with Gasteiger partial charge in [0.25, 0.3) is 0 Å². The van der Waals surface area contributed by atoms with Crippen LogP contribution in [0.3, 0.4) is 0 Å². The summed E-state index contributed by atoms with van der Waals surface area (Å²) >= 11 is 0. The van der Waals surface area contributed by atoms with E-state index >= 15 is 0 Å². The molecule has 0 spiro atoms. The fourth-order valence-corrected chi connectivity index (χ4v) is 3.00. The minimum Gasteiger partial charge on any atom is -0.355 e. The van der Waals surface area contributed by atoms with Gasteiger partial charge in [-0.1, -0.05) is 37.3 Å². The first-order valence-electron chi connectivity index (χ1n) is 8.41. The van der Waals surface area contributed by atoms with Crippen LogP contribution in [-0.4, -0.2) is 43.6 Å². The Labute approximate surface area is 158 Å². The van der Waals surface area contributed by atoms with E-state index in [0.29, 0.717) is 6.04 Å². The van der Waals surface area contributed by atoms with Crippen molar-refractivity contribution in [3.8, 4) is 0 Å². The summed E-state index contributed by atoms with van der Waals surface area (Å²) in [5.41, 5.74) is 1.27. The first-order valence-corrected chi connectivity index (χ1v) is 8.41. The Bertz CT molecular complexity index is 463. The molecular formula is C18H31IN4. The van der Waals surface area contributed by atoms with Gasteiger partial charge >= 0.3 is 0 Å². The molecule has 2 unspecified atom stereocenters. The van der Waals surface area contributed by atoms with Crippen LogP contribution in [0.25, 0.3) is 0 Å². The Hall–Kier alpha value is -0.820. The quantitative estimate of drug-likeness (QED) is 0.429. The molecule has 0 aliphatic carbocycles. The van der Waals surface area contributed by atoms with Crippen molar-refractivity contribution in [3.05, 3.63) is 35.9 Å². The van der Waals surface area contributed by atoms with E-state index in [1.54, 1.807) is 0 Å². The molecule has 0 aromatic heterocycles. The lowest BCUT2D eigenvalue weighted by Gasteiger charge is -2.35. The highest BCUT2D eigenvalue weighted by Crippen LogP contribution is 2.17. The van der Waals surface area contributed by atoms with Crippen LogP contribution in [0.5, 0.6) is 0 Å². The normalized spacial score (nSPS) is 20.5. The van der Waals surface area contributed by atoms with Crippen LogP contribution in [0, 0.1) is 5.92 Å². The van der Waals surface area contributed by atoms with Gasteiger partial charge in [0, 0.05) is 32.7 Å². The van der Waals surface area contributed by atoms with Gasteiger partial charge in [0.15, 0.2) is 5.96 Å². The number of aliphatic imine (C=N–C) groups is 1. The summed E-state index contributed by atoms with van der Waals surface area (Å²) in [6.07, 6.45) is 2.70. The lowest BCUT2D eigenvalue weighted by atomic mass is 9.99. The van der Waals surface area contributed by atoms with Crippen molar-refractivity contribution < 1.29 is 0 Å². The zero-order chi connectivity index (χ0) is 15.8. The lowest BCUT2D eigenvalue weighted by Crippen LogP contribution is -2.48. The number of halogens is 1. The molecule has 1 aliphatic heterocycles. The molecule has 0 saturated carbocycles. The molecule has 1 aliphatic rings. The smallest absolute Gasteiger partial charge is 0.191 e. The average Bonchev–Trinajstić information content (AvgIpc) is 2.55. The summed E-state index contributed by atoms with van der Waals surface area (Å²) in [5, 5.41) is 6.82. The number of likely N-dealkylation sites (tertiary alicyclic amines) is 1. The minimum absolute atomic E-state index is 0. The van der Waals surface area contributed by atoms with Crippen LogP contribution in [0.15, 0.2) is 35.3 Å². The maximum Gasteiger partial charge on any atom is 0.191 e. The van der Waals surface area contributed by atoms with Crippen molar-refractivity contribution in [3.63, 3.8) is 0 Å². The van der Waals surface area contributed by atoms with Crippen LogP contribution in [0.2, 0.25) is 0 Å². The molecule has 0 radical (unpaired) electrons. The maximum absolute atomic E-state index is 4.31.